The topological polar surface area (TPSA) is 70.1 Å². The predicted molar refractivity (Wildman–Crippen MR) is 94.2 cm³/mol. The Morgan fingerprint density at radius 3 is 2.96 bits per heavy atom. The molecular formula is C15H12Cl2N4OS. The normalized spacial score (nSPS) is 14.0. The van der Waals surface area contributed by atoms with E-state index in [0.717, 1.165) is 29.7 Å². The van der Waals surface area contributed by atoms with Crippen molar-refractivity contribution in [3.8, 4) is 5.75 Å². The number of aromatic hydroxyl groups is 1. The number of halogens is 2. The first kappa shape index (κ1) is 15.0. The maximum atomic E-state index is 9.83. The van der Waals surface area contributed by atoms with Gasteiger partial charge in [-0.15, -0.1) is 11.3 Å². The monoisotopic (exact) mass is 366 g/mol. The van der Waals surface area contributed by atoms with Crippen LogP contribution in [0.3, 0.4) is 0 Å². The Morgan fingerprint density at radius 1 is 1.26 bits per heavy atom. The molecule has 0 fully saturated rings. The number of benzene rings is 1. The van der Waals surface area contributed by atoms with Crippen LogP contribution in [0.15, 0.2) is 18.5 Å². The molecule has 2 aromatic heterocycles. The number of anilines is 2. The van der Waals surface area contributed by atoms with Crippen LogP contribution in [-0.4, -0.2) is 21.6 Å². The lowest BCUT2D eigenvalue weighted by molar-refractivity contribution is 0.476. The molecule has 3 N–H and O–H groups in total. The van der Waals surface area contributed by atoms with Gasteiger partial charge in [-0.25, -0.2) is 9.97 Å². The van der Waals surface area contributed by atoms with Crippen molar-refractivity contribution >= 4 is 56.3 Å². The molecule has 0 saturated heterocycles. The molecule has 0 saturated carbocycles. The summed E-state index contributed by atoms with van der Waals surface area (Å²) in [5.41, 5.74) is 1.92. The fourth-order valence-corrected chi connectivity index (χ4v) is 4.22. The van der Waals surface area contributed by atoms with E-state index in [0.29, 0.717) is 11.5 Å². The number of hydrogen-bond acceptors (Lipinski definition) is 6. The Kier molecular flexibility index (Phi) is 3.77. The first-order valence-electron chi connectivity index (χ1n) is 7.04. The number of fused-ring (bicyclic) bond motifs is 3. The van der Waals surface area contributed by atoms with Crippen LogP contribution in [0, 0.1) is 0 Å². The van der Waals surface area contributed by atoms with Gasteiger partial charge in [0.2, 0.25) is 0 Å². The predicted octanol–water partition coefficient (Wildman–Crippen LogP) is 4.09. The molecule has 0 unspecified atom stereocenters. The summed E-state index contributed by atoms with van der Waals surface area (Å²) >= 11 is 13.6. The molecule has 1 aliphatic rings. The zero-order valence-electron chi connectivity index (χ0n) is 11.9. The van der Waals surface area contributed by atoms with Crippen LogP contribution >= 0.6 is 34.5 Å². The second-order valence-corrected chi connectivity index (χ2v) is 7.12. The first-order chi connectivity index (χ1) is 11.1. The second kappa shape index (κ2) is 5.79. The van der Waals surface area contributed by atoms with Crippen LogP contribution < -0.4 is 10.6 Å². The maximum absolute atomic E-state index is 9.83. The van der Waals surface area contributed by atoms with Gasteiger partial charge in [-0.3, -0.25) is 0 Å². The fraction of sp³-hybridized carbons (Fsp3) is 0.200. The van der Waals surface area contributed by atoms with E-state index in [1.54, 1.807) is 17.4 Å². The average Bonchev–Trinajstić information content (AvgIpc) is 2.92. The van der Waals surface area contributed by atoms with Crippen LogP contribution in [-0.2, 0) is 13.0 Å². The third-order valence-corrected chi connectivity index (χ3v) is 5.71. The second-order valence-electron chi connectivity index (χ2n) is 5.25. The molecule has 5 nitrogen and oxygen atoms in total. The summed E-state index contributed by atoms with van der Waals surface area (Å²) in [6.07, 6.45) is 2.49. The fourth-order valence-electron chi connectivity index (χ4n) is 2.74. The molecule has 3 aromatic rings. The van der Waals surface area contributed by atoms with Crippen LogP contribution in [0.2, 0.25) is 10.0 Å². The van der Waals surface area contributed by atoms with Crippen LogP contribution in [0.5, 0.6) is 5.75 Å². The maximum Gasteiger partial charge on any atom is 0.142 e. The van der Waals surface area contributed by atoms with Gasteiger partial charge in [-0.1, -0.05) is 23.2 Å². The molecule has 0 radical (unpaired) electrons. The number of thiophene rings is 1. The van der Waals surface area contributed by atoms with Gasteiger partial charge in [0, 0.05) is 23.2 Å². The summed E-state index contributed by atoms with van der Waals surface area (Å²) < 4.78 is 0. The van der Waals surface area contributed by atoms with E-state index in [-0.39, 0.29) is 15.8 Å². The molecule has 4 rings (SSSR count). The van der Waals surface area contributed by atoms with Crippen molar-refractivity contribution in [1.82, 2.24) is 15.3 Å². The summed E-state index contributed by atoms with van der Waals surface area (Å²) in [5.74, 6) is 0.649. The van der Waals surface area contributed by atoms with Gasteiger partial charge in [0.15, 0.2) is 0 Å². The lowest BCUT2D eigenvalue weighted by Gasteiger charge is -2.14. The zero-order chi connectivity index (χ0) is 16.0. The van der Waals surface area contributed by atoms with Crippen LogP contribution in [0.1, 0.15) is 10.4 Å². The lowest BCUT2D eigenvalue weighted by atomic mass is 10.1. The number of aromatic nitrogens is 2. The van der Waals surface area contributed by atoms with Gasteiger partial charge in [-0.05, 0) is 24.6 Å². The molecule has 0 amide bonds. The van der Waals surface area contributed by atoms with E-state index in [1.807, 2.05) is 0 Å². The summed E-state index contributed by atoms with van der Waals surface area (Å²) in [5, 5.41) is 17.9. The molecule has 1 aliphatic heterocycles. The van der Waals surface area contributed by atoms with Crippen molar-refractivity contribution in [2.75, 3.05) is 11.9 Å². The highest BCUT2D eigenvalue weighted by Gasteiger charge is 2.20. The van der Waals surface area contributed by atoms with Crippen molar-refractivity contribution in [2.24, 2.45) is 0 Å². The van der Waals surface area contributed by atoms with E-state index in [2.05, 4.69) is 20.6 Å². The molecule has 8 heteroatoms. The van der Waals surface area contributed by atoms with Gasteiger partial charge in [-0.2, -0.15) is 0 Å². The van der Waals surface area contributed by atoms with Gasteiger partial charge < -0.3 is 15.7 Å². The molecule has 0 bridgehead atoms. The highest BCUT2D eigenvalue weighted by atomic mass is 35.5. The zero-order valence-corrected chi connectivity index (χ0v) is 14.2. The minimum absolute atomic E-state index is 0.0662. The number of rotatable bonds is 2. The Bertz CT molecular complexity index is 889. The number of phenolic OH excluding ortho intramolecular Hbond substituents is 1. The third-order valence-electron chi connectivity index (χ3n) is 3.78. The lowest BCUT2D eigenvalue weighted by Crippen LogP contribution is -2.22. The van der Waals surface area contributed by atoms with Crippen molar-refractivity contribution in [3.05, 3.63) is 38.9 Å². The number of hydrogen-bond donors (Lipinski definition) is 3. The molecule has 23 heavy (non-hydrogen) atoms. The Labute approximate surface area is 146 Å². The number of nitrogens with one attached hydrogen (secondary N) is 2. The summed E-state index contributed by atoms with van der Waals surface area (Å²) in [4.78, 5) is 11.0. The van der Waals surface area contributed by atoms with Crippen molar-refractivity contribution in [1.29, 1.82) is 0 Å². The SMILES string of the molecule is Oc1cc(Nc2ncnc3sc4c(c23)CCNC4)cc(Cl)c1Cl. The molecule has 3 heterocycles. The van der Waals surface area contributed by atoms with Crippen molar-refractivity contribution < 1.29 is 5.11 Å². The van der Waals surface area contributed by atoms with Crippen LogP contribution in [0.4, 0.5) is 11.5 Å². The molecule has 0 aliphatic carbocycles. The van der Waals surface area contributed by atoms with Crippen molar-refractivity contribution in [2.45, 2.75) is 13.0 Å². The standard InChI is InChI=1S/C15H12Cl2N4OS/c16-9-3-7(4-10(22)13(9)17)21-14-12-8-1-2-18-5-11(8)23-15(12)20-6-19-14/h3-4,6,18,22H,1-2,5H2,(H,19,20,21). The molecular weight excluding hydrogens is 355 g/mol. The molecule has 118 valence electrons. The first-order valence-corrected chi connectivity index (χ1v) is 8.61. The van der Waals surface area contributed by atoms with Gasteiger partial charge >= 0.3 is 0 Å². The van der Waals surface area contributed by atoms with E-state index in [1.165, 1.54) is 22.8 Å². The largest absolute Gasteiger partial charge is 0.506 e. The highest BCUT2D eigenvalue weighted by molar-refractivity contribution is 7.19. The summed E-state index contributed by atoms with van der Waals surface area (Å²) in [6, 6.07) is 3.19. The molecule has 0 atom stereocenters. The quantitative estimate of drug-likeness (QED) is 0.636. The Balaban J connectivity index is 1.82. The minimum Gasteiger partial charge on any atom is -0.506 e. The van der Waals surface area contributed by atoms with Gasteiger partial charge in [0.1, 0.15) is 27.7 Å². The van der Waals surface area contributed by atoms with E-state index in [4.69, 9.17) is 23.2 Å². The van der Waals surface area contributed by atoms with Gasteiger partial charge in [0.05, 0.1) is 10.4 Å². The highest BCUT2D eigenvalue weighted by Crippen LogP contribution is 2.39. The summed E-state index contributed by atoms with van der Waals surface area (Å²) in [7, 11) is 0. The average molecular weight is 367 g/mol. The van der Waals surface area contributed by atoms with E-state index < -0.39 is 0 Å². The third kappa shape index (κ3) is 2.61. The van der Waals surface area contributed by atoms with Gasteiger partial charge in [0.25, 0.3) is 0 Å². The number of phenols is 1. The number of nitrogens with zero attached hydrogens (tertiary/aromatic N) is 2. The van der Waals surface area contributed by atoms with E-state index >= 15 is 0 Å². The molecule has 0 spiro atoms. The van der Waals surface area contributed by atoms with Crippen LogP contribution in [0.25, 0.3) is 10.2 Å². The Morgan fingerprint density at radius 2 is 2.13 bits per heavy atom. The smallest absolute Gasteiger partial charge is 0.142 e. The minimum atomic E-state index is -0.0662. The molecule has 1 aromatic carbocycles. The Hall–Kier alpha value is -1.60. The van der Waals surface area contributed by atoms with Crippen molar-refractivity contribution in [3.63, 3.8) is 0 Å². The van der Waals surface area contributed by atoms with E-state index in [9.17, 15) is 5.11 Å². The summed E-state index contributed by atoms with van der Waals surface area (Å²) in [6.45, 7) is 1.81.